The van der Waals surface area contributed by atoms with Crippen molar-refractivity contribution in [3.8, 4) is 5.69 Å². The van der Waals surface area contributed by atoms with Crippen molar-refractivity contribution < 1.29 is 13.2 Å². The number of nitrogens with one attached hydrogen (secondary N) is 1. The van der Waals surface area contributed by atoms with E-state index in [0.29, 0.717) is 23.1 Å². The van der Waals surface area contributed by atoms with Gasteiger partial charge in [0.15, 0.2) is 20.8 Å². The van der Waals surface area contributed by atoms with Gasteiger partial charge in [0.1, 0.15) is 0 Å². The number of hydrogen-bond acceptors (Lipinski definition) is 7. The summed E-state index contributed by atoms with van der Waals surface area (Å²) in [6.45, 7) is 2.79. The predicted molar refractivity (Wildman–Crippen MR) is 121 cm³/mol. The van der Waals surface area contributed by atoms with Gasteiger partial charge in [-0.05, 0) is 56.6 Å². The number of benzene rings is 1. The number of carbonyl (C=O) groups is 1. The van der Waals surface area contributed by atoms with Crippen LogP contribution in [0.25, 0.3) is 5.69 Å². The van der Waals surface area contributed by atoms with E-state index in [1.165, 1.54) is 31.0 Å². The van der Waals surface area contributed by atoms with Crippen molar-refractivity contribution in [2.24, 2.45) is 0 Å². The Labute approximate surface area is 191 Å². The molecule has 2 aliphatic heterocycles. The molecular formula is C20H26ClN5O3S2. The number of hydrogen-bond donors (Lipinski definition) is 1. The first kappa shape index (κ1) is 22.6. The van der Waals surface area contributed by atoms with Gasteiger partial charge >= 0.3 is 0 Å². The van der Waals surface area contributed by atoms with Crippen molar-refractivity contribution in [2.75, 3.05) is 30.3 Å². The molecule has 0 spiro atoms. The van der Waals surface area contributed by atoms with Crippen molar-refractivity contribution in [1.29, 1.82) is 0 Å². The summed E-state index contributed by atoms with van der Waals surface area (Å²) in [6, 6.07) is 7.17. The Bertz CT molecular complexity index is 1020. The largest absolute Gasteiger partial charge is 0.352 e. The van der Waals surface area contributed by atoms with E-state index in [2.05, 4.69) is 20.4 Å². The number of thioether (sulfide) groups is 1. The third-order valence-electron chi connectivity index (χ3n) is 5.53. The second kappa shape index (κ2) is 9.89. The minimum absolute atomic E-state index is 0.0182. The Hall–Kier alpha value is -1.62. The molecule has 3 heterocycles. The molecule has 2 saturated heterocycles. The molecule has 2 fully saturated rings. The molecule has 31 heavy (non-hydrogen) atoms. The van der Waals surface area contributed by atoms with Crippen molar-refractivity contribution in [1.82, 2.24) is 25.0 Å². The van der Waals surface area contributed by atoms with E-state index in [1.807, 2.05) is 28.8 Å². The molecule has 0 aliphatic carbocycles. The molecule has 1 aromatic heterocycles. The van der Waals surface area contributed by atoms with E-state index in [4.69, 9.17) is 11.6 Å². The molecule has 1 atom stereocenters. The average molecular weight is 484 g/mol. The number of sulfone groups is 1. The van der Waals surface area contributed by atoms with Gasteiger partial charge in [0, 0.05) is 16.8 Å². The molecule has 0 unspecified atom stereocenters. The normalized spacial score (nSPS) is 21.3. The summed E-state index contributed by atoms with van der Waals surface area (Å²) in [4.78, 5) is 14.8. The van der Waals surface area contributed by atoms with Crippen LogP contribution in [0.5, 0.6) is 0 Å². The zero-order valence-electron chi connectivity index (χ0n) is 17.2. The first-order chi connectivity index (χ1) is 14.9. The van der Waals surface area contributed by atoms with Gasteiger partial charge in [-0.3, -0.25) is 14.3 Å². The van der Waals surface area contributed by atoms with Gasteiger partial charge < -0.3 is 5.32 Å². The van der Waals surface area contributed by atoms with Crippen molar-refractivity contribution in [2.45, 2.75) is 43.4 Å². The SMILES string of the molecule is O=C(CSc1nnc(CN2CCCCC2)n1-c1ccc(Cl)cc1)N[C@@H]1CCS(=O)(=O)C1. The molecule has 8 nitrogen and oxygen atoms in total. The molecule has 1 amide bonds. The van der Waals surface area contributed by atoms with Crippen LogP contribution >= 0.6 is 23.4 Å². The lowest BCUT2D eigenvalue weighted by Crippen LogP contribution is -2.36. The summed E-state index contributed by atoms with van der Waals surface area (Å²) in [5.41, 5.74) is 0.895. The van der Waals surface area contributed by atoms with Crippen LogP contribution in [0.2, 0.25) is 5.02 Å². The van der Waals surface area contributed by atoms with E-state index >= 15 is 0 Å². The molecule has 2 aromatic rings. The van der Waals surface area contributed by atoms with Crippen LogP contribution in [0.4, 0.5) is 0 Å². The second-order valence-electron chi connectivity index (χ2n) is 8.00. The van der Waals surface area contributed by atoms with Crippen molar-refractivity contribution >= 4 is 39.1 Å². The molecule has 0 bridgehead atoms. The maximum atomic E-state index is 12.4. The lowest BCUT2D eigenvalue weighted by atomic mass is 10.1. The minimum Gasteiger partial charge on any atom is -0.352 e. The molecule has 0 radical (unpaired) electrons. The topological polar surface area (TPSA) is 97.2 Å². The fraction of sp³-hybridized carbons (Fsp3) is 0.550. The number of rotatable bonds is 7. The predicted octanol–water partition coefficient (Wildman–Crippen LogP) is 2.30. The third kappa shape index (κ3) is 6.00. The van der Waals surface area contributed by atoms with E-state index in [0.717, 1.165) is 24.6 Å². The highest BCUT2D eigenvalue weighted by Gasteiger charge is 2.29. The van der Waals surface area contributed by atoms with Crippen LogP contribution in [0.1, 0.15) is 31.5 Å². The monoisotopic (exact) mass is 483 g/mol. The maximum absolute atomic E-state index is 12.4. The van der Waals surface area contributed by atoms with Gasteiger partial charge in [0.25, 0.3) is 0 Å². The lowest BCUT2D eigenvalue weighted by molar-refractivity contribution is -0.119. The van der Waals surface area contributed by atoms with E-state index in [9.17, 15) is 13.2 Å². The highest BCUT2D eigenvalue weighted by Crippen LogP contribution is 2.25. The standard InChI is InChI=1S/C20H26ClN5O3S2/c21-15-4-6-17(7-5-15)26-18(12-25-9-2-1-3-10-25)23-24-20(26)30-13-19(27)22-16-8-11-31(28,29)14-16/h4-7,16H,1-3,8-14H2,(H,22,27)/t16-/m1/s1. The Morgan fingerprint density at radius 1 is 1.16 bits per heavy atom. The van der Waals surface area contributed by atoms with Crippen LogP contribution in [-0.2, 0) is 21.2 Å². The Morgan fingerprint density at radius 2 is 1.90 bits per heavy atom. The van der Waals surface area contributed by atoms with E-state index in [-0.39, 0.29) is 29.2 Å². The Kier molecular flexibility index (Phi) is 7.20. The quantitative estimate of drug-likeness (QED) is 0.603. The highest BCUT2D eigenvalue weighted by atomic mass is 35.5. The number of aromatic nitrogens is 3. The van der Waals surface area contributed by atoms with Crippen LogP contribution in [-0.4, -0.2) is 70.4 Å². The van der Waals surface area contributed by atoms with Crippen LogP contribution in [0, 0.1) is 0 Å². The molecule has 2 aliphatic rings. The summed E-state index contributed by atoms with van der Waals surface area (Å²) in [5, 5.41) is 12.9. The third-order valence-corrected chi connectivity index (χ3v) is 8.48. The molecule has 168 valence electrons. The van der Waals surface area contributed by atoms with Crippen LogP contribution < -0.4 is 5.32 Å². The maximum Gasteiger partial charge on any atom is 0.230 e. The van der Waals surface area contributed by atoms with Gasteiger partial charge in [-0.2, -0.15) is 0 Å². The molecule has 11 heteroatoms. The fourth-order valence-electron chi connectivity index (χ4n) is 3.97. The smallest absolute Gasteiger partial charge is 0.230 e. The zero-order valence-corrected chi connectivity index (χ0v) is 19.6. The van der Waals surface area contributed by atoms with E-state index < -0.39 is 9.84 Å². The number of halogens is 1. The first-order valence-corrected chi connectivity index (χ1v) is 13.6. The van der Waals surface area contributed by atoms with Gasteiger partial charge in [0.2, 0.25) is 5.91 Å². The molecule has 4 rings (SSSR count). The number of carbonyl (C=O) groups excluding carboxylic acids is 1. The summed E-state index contributed by atoms with van der Waals surface area (Å²) in [7, 11) is -3.03. The summed E-state index contributed by atoms with van der Waals surface area (Å²) in [6.07, 6.45) is 4.11. The second-order valence-corrected chi connectivity index (χ2v) is 11.6. The number of amides is 1. The van der Waals surface area contributed by atoms with Crippen LogP contribution in [0.15, 0.2) is 29.4 Å². The molecular weight excluding hydrogens is 458 g/mol. The van der Waals surface area contributed by atoms with Gasteiger partial charge in [0.05, 0.1) is 23.8 Å². The Balaban J connectivity index is 1.47. The highest BCUT2D eigenvalue weighted by molar-refractivity contribution is 7.99. The van der Waals surface area contributed by atoms with Crippen molar-refractivity contribution in [3.63, 3.8) is 0 Å². The van der Waals surface area contributed by atoms with Crippen LogP contribution in [0.3, 0.4) is 0 Å². The number of piperidine rings is 1. The van der Waals surface area contributed by atoms with Gasteiger partial charge in [-0.1, -0.05) is 29.8 Å². The average Bonchev–Trinajstić information content (AvgIpc) is 3.30. The minimum atomic E-state index is -3.03. The summed E-state index contributed by atoms with van der Waals surface area (Å²) < 4.78 is 25.2. The number of likely N-dealkylation sites (tertiary alicyclic amines) is 1. The first-order valence-electron chi connectivity index (χ1n) is 10.4. The van der Waals surface area contributed by atoms with Gasteiger partial charge in [-0.15, -0.1) is 10.2 Å². The summed E-state index contributed by atoms with van der Waals surface area (Å²) in [5.74, 6) is 0.927. The fourth-order valence-corrected chi connectivity index (χ4v) is 6.55. The molecule has 1 aromatic carbocycles. The number of nitrogens with zero attached hydrogens (tertiary/aromatic N) is 4. The molecule has 1 N–H and O–H groups in total. The van der Waals surface area contributed by atoms with Crippen molar-refractivity contribution in [3.05, 3.63) is 35.1 Å². The molecule has 0 saturated carbocycles. The lowest BCUT2D eigenvalue weighted by Gasteiger charge is -2.26. The van der Waals surface area contributed by atoms with E-state index in [1.54, 1.807) is 0 Å². The van der Waals surface area contributed by atoms with Gasteiger partial charge in [-0.25, -0.2) is 8.42 Å². The summed E-state index contributed by atoms with van der Waals surface area (Å²) >= 11 is 7.36. The zero-order chi connectivity index (χ0) is 21.8. The Morgan fingerprint density at radius 3 is 2.58 bits per heavy atom.